The molecule has 0 spiro atoms. The fourth-order valence-electron chi connectivity index (χ4n) is 6.51. The number of halogens is 6. The van der Waals surface area contributed by atoms with E-state index in [2.05, 4.69) is 15.3 Å². The van der Waals surface area contributed by atoms with Crippen LogP contribution in [0.4, 0.5) is 26.3 Å². The van der Waals surface area contributed by atoms with Crippen LogP contribution in [0, 0.1) is 5.82 Å². The summed E-state index contributed by atoms with van der Waals surface area (Å²) < 4.78 is 87.7. The molecule has 3 aliphatic rings. The van der Waals surface area contributed by atoms with Crippen LogP contribution in [0.3, 0.4) is 0 Å². The van der Waals surface area contributed by atoms with Gasteiger partial charge in [-0.3, -0.25) is 9.78 Å². The van der Waals surface area contributed by atoms with E-state index in [-0.39, 0.29) is 17.0 Å². The van der Waals surface area contributed by atoms with Crippen LogP contribution < -0.4 is 15.8 Å². The van der Waals surface area contributed by atoms with E-state index >= 15 is 4.39 Å². The lowest BCUT2D eigenvalue weighted by molar-refractivity contribution is -0.304. The summed E-state index contributed by atoms with van der Waals surface area (Å²) in [7, 11) is 0. The molecule has 42 heavy (non-hydrogen) atoms. The molecule has 218 valence electrons. The zero-order valence-corrected chi connectivity index (χ0v) is 21.4. The van der Waals surface area contributed by atoms with E-state index < -0.39 is 60.6 Å². The number of carbonyl (C=O) groups is 1. The maximum absolute atomic E-state index is 15.2. The van der Waals surface area contributed by atoms with Gasteiger partial charge in [-0.15, -0.1) is 0 Å². The van der Waals surface area contributed by atoms with Crippen LogP contribution in [-0.2, 0) is 5.54 Å². The Hall–Kier alpha value is -4.17. The minimum Gasteiger partial charge on any atom is -0.434 e. The number of amides is 1. The number of alkyl halides is 5. The van der Waals surface area contributed by atoms with E-state index in [0.29, 0.717) is 40.0 Å². The summed E-state index contributed by atoms with van der Waals surface area (Å²) in [6.07, 6.45) is -5.11. The number of nitrogens with one attached hydrogen (secondary N) is 1. The number of pyridine rings is 1. The monoisotopic (exact) mass is 589 g/mol. The maximum atomic E-state index is 15.2. The molecule has 0 saturated heterocycles. The highest BCUT2D eigenvalue weighted by Crippen LogP contribution is 2.54. The fourth-order valence-corrected chi connectivity index (χ4v) is 6.51. The lowest BCUT2D eigenvalue weighted by Gasteiger charge is -2.51. The first-order valence-corrected chi connectivity index (χ1v) is 12.9. The number of nitrogens with two attached hydrogens (primary N) is 1. The number of fused-ring (bicyclic) bond motifs is 9. The first-order chi connectivity index (χ1) is 19.8. The Balaban J connectivity index is 1.28. The van der Waals surface area contributed by atoms with Gasteiger partial charge < -0.3 is 25.5 Å². The zero-order chi connectivity index (χ0) is 29.8. The second-order valence-corrected chi connectivity index (χ2v) is 11.0. The van der Waals surface area contributed by atoms with E-state index in [1.165, 1.54) is 24.4 Å². The molecule has 0 radical (unpaired) electrons. The highest BCUT2D eigenvalue weighted by Gasteiger charge is 2.67. The highest BCUT2D eigenvalue weighted by atomic mass is 19.4. The minimum atomic E-state index is -4.90. The average Bonchev–Trinajstić information content (AvgIpc) is 3.38. The summed E-state index contributed by atoms with van der Waals surface area (Å²) in [5.74, 6) is -0.962. The predicted octanol–water partition coefficient (Wildman–Crippen LogP) is 4.86. The largest absolute Gasteiger partial charge is 0.434 e. The number of ether oxygens (including phenoxy) is 1. The van der Waals surface area contributed by atoms with Crippen LogP contribution in [0.25, 0.3) is 22.2 Å². The van der Waals surface area contributed by atoms with E-state index in [9.17, 15) is 31.9 Å². The quantitative estimate of drug-likeness (QED) is 0.293. The van der Waals surface area contributed by atoms with Gasteiger partial charge in [-0.1, -0.05) is 12.1 Å². The van der Waals surface area contributed by atoms with Gasteiger partial charge in [0.05, 0.1) is 34.3 Å². The second kappa shape index (κ2) is 8.67. The smallest absolute Gasteiger partial charge is 0.417 e. The Morgan fingerprint density at radius 1 is 1.14 bits per heavy atom. The average molecular weight is 589 g/mol. The second-order valence-electron chi connectivity index (χ2n) is 11.0. The van der Waals surface area contributed by atoms with Gasteiger partial charge in [-0.05, 0) is 42.3 Å². The number of nitrogens with zero attached hydrogens (tertiary/aromatic N) is 3. The van der Waals surface area contributed by atoms with Gasteiger partial charge in [0, 0.05) is 35.7 Å². The summed E-state index contributed by atoms with van der Waals surface area (Å²) in [5.41, 5.74) is 3.26. The van der Waals surface area contributed by atoms with Crippen LogP contribution in [0.15, 0.2) is 48.7 Å². The first-order valence-electron chi connectivity index (χ1n) is 12.9. The van der Waals surface area contributed by atoms with Crippen molar-refractivity contribution in [3.8, 4) is 16.9 Å². The summed E-state index contributed by atoms with van der Waals surface area (Å²) >= 11 is 0. The molecular weight excluding hydrogens is 568 g/mol. The third-order valence-corrected chi connectivity index (χ3v) is 8.35. The van der Waals surface area contributed by atoms with E-state index in [4.69, 9.17) is 10.5 Å². The number of benzene rings is 2. The molecule has 2 atom stereocenters. The Bertz CT molecular complexity index is 1780. The minimum absolute atomic E-state index is 0.125. The standard InChI is InChI=1S/C28H21F6N5O3/c29-15-6-13(9-36-22(15)26(35)10-27(41,11-26)28(32,33)34)12-4-5-16-18(7-12)39-19-8-17(23(39)37-16)38-24(40)14-2-1-3-20(21(14)19)42-25(30)31/h1-7,9,17,19,25,41H,8,10-11,35H2,(H,38,40)/t17-,19-,26?,27?/m1/s1. The van der Waals surface area contributed by atoms with Crippen molar-refractivity contribution in [1.82, 2.24) is 19.9 Å². The van der Waals surface area contributed by atoms with Crippen LogP contribution >= 0.6 is 0 Å². The number of carbonyl (C=O) groups excluding carboxylic acids is 1. The van der Waals surface area contributed by atoms with Gasteiger partial charge >= 0.3 is 12.8 Å². The van der Waals surface area contributed by atoms with Gasteiger partial charge in [-0.25, -0.2) is 9.37 Å². The number of aromatic nitrogens is 3. The van der Waals surface area contributed by atoms with E-state index in [1.807, 2.05) is 4.57 Å². The van der Waals surface area contributed by atoms with Crippen molar-refractivity contribution < 1.29 is 41.0 Å². The molecule has 1 aliphatic carbocycles. The Morgan fingerprint density at radius 2 is 1.90 bits per heavy atom. The summed E-state index contributed by atoms with van der Waals surface area (Å²) in [4.78, 5) is 21.6. The van der Waals surface area contributed by atoms with Gasteiger partial charge in [0.25, 0.3) is 5.91 Å². The van der Waals surface area contributed by atoms with E-state index in [1.54, 1.807) is 18.2 Å². The van der Waals surface area contributed by atoms with Gasteiger partial charge in [0.1, 0.15) is 17.4 Å². The summed E-state index contributed by atoms with van der Waals surface area (Å²) in [6.45, 7) is -3.11. The normalized spacial score (nSPS) is 26.5. The molecule has 14 heteroatoms. The topological polar surface area (TPSA) is 115 Å². The molecule has 8 nitrogen and oxygen atoms in total. The number of rotatable bonds is 4. The molecule has 4 N–H and O–H groups in total. The number of hydrogen-bond acceptors (Lipinski definition) is 6. The van der Waals surface area contributed by atoms with Gasteiger partial charge in [0.2, 0.25) is 0 Å². The highest BCUT2D eigenvalue weighted by molar-refractivity contribution is 5.98. The molecule has 1 saturated carbocycles. The van der Waals surface area contributed by atoms with Crippen LogP contribution in [0.2, 0.25) is 0 Å². The van der Waals surface area contributed by atoms with Crippen LogP contribution in [-0.4, -0.2) is 43.9 Å². The molecule has 2 bridgehead atoms. The lowest BCUT2D eigenvalue weighted by Crippen LogP contribution is -2.66. The predicted molar refractivity (Wildman–Crippen MR) is 135 cm³/mol. The van der Waals surface area contributed by atoms with Gasteiger partial charge in [0.15, 0.2) is 5.60 Å². The number of hydrogen-bond donors (Lipinski definition) is 3. The maximum Gasteiger partial charge on any atom is 0.417 e. The van der Waals surface area contributed by atoms with Gasteiger partial charge in [-0.2, -0.15) is 22.0 Å². The molecule has 7 rings (SSSR count). The molecule has 2 aliphatic heterocycles. The molecule has 1 fully saturated rings. The lowest BCUT2D eigenvalue weighted by atomic mass is 9.63. The summed E-state index contributed by atoms with van der Waals surface area (Å²) in [5, 5.41) is 12.7. The zero-order valence-electron chi connectivity index (χ0n) is 21.4. The molecule has 0 unspecified atom stereocenters. The van der Waals surface area contributed by atoms with Crippen LogP contribution in [0.1, 0.15) is 58.8 Å². The molecule has 4 aromatic rings. The molecular formula is C28H21F6N5O3. The third kappa shape index (κ3) is 3.81. The number of imidazole rings is 1. The molecule has 4 heterocycles. The first kappa shape index (κ1) is 26.7. The molecule has 2 aromatic heterocycles. The van der Waals surface area contributed by atoms with Crippen molar-refractivity contribution in [2.45, 2.75) is 55.3 Å². The van der Waals surface area contributed by atoms with Crippen LogP contribution in [0.5, 0.6) is 5.75 Å². The van der Waals surface area contributed by atoms with Crippen molar-refractivity contribution in [2.75, 3.05) is 0 Å². The number of aliphatic hydroxyl groups is 1. The van der Waals surface area contributed by atoms with Crippen molar-refractivity contribution in [3.05, 3.63) is 77.1 Å². The van der Waals surface area contributed by atoms with E-state index in [0.717, 1.165) is 6.07 Å². The molecule has 1 amide bonds. The Kier molecular flexibility index (Phi) is 5.52. The van der Waals surface area contributed by atoms with Crippen molar-refractivity contribution in [1.29, 1.82) is 0 Å². The molecule has 2 aromatic carbocycles. The third-order valence-electron chi connectivity index (χ3n) is 8.35. The Morgan fingerprint density at radius 3 is 2.60 bits per heavy atom. The van der Waals surface area contributed by atoms with Crippen molar-refractivity contribution in [2.24, 2.45) is 5.73 Å². The Labute approximate surface area is 233 Å². The fraction of sp³-hybridized carbons (Fsp3) is 0.321. The SMILES string of the molecule is NC1(c2ncc(-c3ccc4nc5n(c4c3)[C@@H]3C[C@H]5NC(=O)c4cccc(OC(F)F)c43)cc2F)CC(O)(C(F)(F)F)C1. The van der Waals surface area contributed by atoms with Crippen molar-refractivity contribution in [3.63, 3.8) is 0 Å². The summed E-state index contributed by atoms with van der Waals surface area (Å²) in [6, 6.07) is 9.45. The van der Waals surface area contributed by atoms with Crippen molar-refractivity contribution >= 4 is 16.9 Å².